The molecule has 0 N–H and O–H groups in total. The smallest absolute Gasteiger partial charge is 0.411 e. The van der Waals surface area contributed by atoms with Gasteiger partial charge in [0.05, 0.1) is 6.61 Å². The highest BCUT2D eigenvalue weighted by molar-refractivity contribution is 9.10. The fourth-order valence-corrected chi connectivity index (χ4v) is 2.47. The van der Waals surface area contributed by atoms with Gasteiger partial charge in [0.2, 0.25) is 0 Å². The highest BCUT2D eigenvalue weighted by Gasteiger charge is 2.36. The molecule has 0 spiro atoms. The molecule has 0 aliphatic carbocycles. The van der Waals surface area contributed by atoms with Gasteiger partial charge in [0.25, 0.3) is 0 Å². The van der Waals surface area contributed by atoms with Crippen LogP contribution in [-0.4, -0.2) is 35.2 Å². The lowest BCUT2D eigenvalue weighted by molar-refractivity contribution is -0.150. The van der Waals surface area contributed by atoms with Crippen LogP contribution in [-0.2, 0) is 14.3 Å². The first-order valence-electron chi connectivity index (χ1n) is 8.00. The maximum absolute atomic E-state index is 12.7. The van der Waals surface area contributed by atoms with Gasteiger partial charge in [-0.3, -0.25) is 4.90 Å². The van der Waals surface area contributed by atoms with E-state index in [0.29, 0.717) is 5.56 Å². The van der Waals surface area contributed by atoms with Crippen LogP contribution in [0.25, 0.3) is 0 Å². The first kappa shape index (κ1) is 20.5. The third-order valence-electron chi connectivity index (χ3n) is 3.13. The average molecular weight is 400 g/mol. The Morgan fingerprint density at radius 1 is 1.17 bits per heavy atom. The van der Waals surface area contributed by atoms with Gasteiger partial charge in [-0.1, -0.05) is 28.1 Å². The number of rotatable bonds is 5. The largest absolute Gasteiger partial charge is 0.464 e. The molecule has 0 aliphatic heterocycles. The van der Waals surface area contributed by atoms with E-state index < -0.39 is 23.7 Å². The normalized spacial score (nSPS) is 12.7. The fraction of sp³-hybridized carbons (Fsp3) is 0.556. The molecule has 1 aromatic carbocycles. The molecule has 1 rings (SSSR count). The Kier molecular flexibility index (Phi) is 7.27. The molecule has 0 saturated carbocycles. The van der Waals surface area contributed by atoms with Crippen molar-refractivity contribution < 1.29 is 19.1 Å². The predicted molar refractivity (Wildman–Crippen MR) is 96.7 cm³/mol. The van der Waals surface area contributed by atoms with Crippen molar-refractivity contribution in [3.8, 4) is 0 Å². The van der Waals surface area contributed by atoms with Gasteiger partial charge in [0.15, 0.2) is 6.04 Å². The second-order valence-electron chi connectivity index (χ2n) is 6.69. The summed E-state index contributed by atoms with van der Waals surface area (Å²) in [7, 11) is 0. The van der Waals surface area contributed by atoms with Crippen molar-refractivity contribution in [1.29, 1.82) is 0 Å². The number of hydrogen-bond acceptors (Lipinski definition) is 4. The van der Waals surface area contributed by atoms with Gasteiger partial charge in [-0.25, -0.2) is 9.59 Å². The molecule has 24 heavy (non-hydrogen) atoms. The molecule has 1 aromatic rings. The minimum atomic E-state index is -0.854. The number of ether oxygens (including phenoxy) is 2. The molecule has 0 bridgehead atoms. The number of benzene rings is 1. The Morgan fingerprint density at radius 2 is 1.71 bits per heavy atom. The van der Waals surface area contributed by atoms with Gasteiger partial charge in [0, 0.05) is 10.5 Å². The standard InChI is InChI=1S/C18H26BrNO4/c1-7-23-16(21)15(13-8-10-14(19)11-9-13)20(12(2)3)17(22)24-18(4,5)6/h8-12,15H,7H2,1-6H3. The van der Waals surface area contributed by atoms with E-state index in [1.54, 1.807) is 39.8 Å². The monoisotopic (exact) mass is 399 g/mol. The van der Waals surface area contributed by atoms with E-state index in [1.807, 2.05) is 26.0 Å². The maximum atomic E-state index is 12.7. The van der Waals surface area contributed by atoms with Crippen LogP contribution in [0.5, 0.6) is 0 Å². The van der Waals surface area contributed by atoms with Crippen LogP contribution in [0.2, 0.25) is 0 Å². The molecule has 0 heterocycles. The van der Waals surface area contributed by atoms with Gasteiger partial charge in [-0.2, -0.15) is 0 Å². The Morgan fingerprint density at radius 3 is 2.12 bits per heavy atom. The average Bonchev–Trinajstić information content (AvgIpc) is 2.43. The van der Waals surface area contributed by atoms with Gasteiger partial charge < -0.3 is 9.47 Å². The maximum Gasteiger partial charge on any atom is 0.411 e. The second-order valence-corrected chi connectivity index (χ2v) is 7.60. The third-order valence-corrected chi connectivity index (χ3v) is 3.66. The molecule has 1 atom stereocenters. The van der Waals surface area contributed by atoms with E-state index in [2.05, 4.69) is 15.9 Å². The van der Waals surface area contributed by atoms with Gasteiger partial charge in [-0.05, 0) is 59.2 Å². The number of hydrogen-bond donors (Lipinski definition) is 0. The van der Waals surface area contributed by atoms with Crippen molar-refractivity contribution in [3.63, 3.8) is 0 Å². The number of esters is 1. The first-order valence-corrected chi connectivity index (χ1v) is 8.79. The molecule has 1 amide bonds. The number of carbonyl (C=O) groups excluding carboxylic acids is 2. The van der Waals surface area contributed by atoms with Crippen LogP contribution in [0.3, 0.4) is 0 Å². The minimum absolute atomic E-state index is 0.238. The summed E-state index contributed by atoms with van der Waals surface area (Å²) in [5.41, 5.74) is 0.0274. The first-order chi connectivity index (χ1) is 11.1. The summed E-state index contributed by atoms with van der Waals surface area (Å²) in [5, 5.41) is 0. The van der Waals surface area contributed by atoms with E-state index in [-0.39, 0.29) is 12.6 Å². The van der Waals surface area contributed by atoms with Crippen LogP contribution < -0.4 is 0 Å². The zero-order chi connectivity index (χ0) is 18.5. The topological polar surface area (TPSA) is 55.8 Å². The highest BCUT2D eigenvalue weighted by atomic mass is 79.9. The summed E-state index contributed by atoms with van der Waals surface area (Å²) in [5.74, 6) is -0.473. The molecule has 6 heteroatoms. The van der Waals surface area contributed by atoms with Gasteiger partial charge >= 0.3 is 12.1 Å². The van der Waals surface area contributed by atoms with Crippen LogP contribution in [0.15, 0.2) is 28.7 Å². The van der Waals surface area contributed by atoms with Crippen molar-refractivity contribution >= 4 is 28.0 Å². The quantitative estimate of drug-likeness (QED) is 0.673. The van der Waals surface area contributed by atoms with Crippen LogP contribution in [0.4, 0.5) is 4.79 Å². The van der Waals surface area contributed by atoms with E-state index in [1.165, 1.54) is 4.90 Å². The van der Waals surface area contributed by atoms with Crippen LogP contribution in [0.1, 0.15) is 53.1 Å². The van der Waals surface area contributed by atoms with Crippen molar-refractivity contribution in [2.75, 3.05) is 6.61 Å². The van der Waals surface area contributed by atoms with E-state index in [0.717, 1.165) is 4.47 Å². The molecule has 0 radical (unpaired) electrons. The van der Waals surface area contributed by atoms with Crippen LogP contribution in [0, 0.1) is 0 Å². The summed E-state index contributed by atoms with van der Waals surface area (Å²) < 4.78 is 11.6. The van der Waals surface area contributed by atoms with Crippen molar-refractivity contribution in [2.24, 2.45) is 0 Å². The number of carbonyl (C=O) groups is 2. The summed E-state index contributed by atoms with van der Waals surface area (Å²) in [6.45, 7) is 11.0. The zero-order valence-corrected chi connectivity index (χ0v) is 16.7. The molecule has 134 valence electrons. The molecule has 5 nitrogen and oxygen atoms in total. The predicted octanol–water partition coefficient (Wildman–Crippen LogP) is 4.70. The summed E-state index contributed by atoms with van der Waals surface area (Å²) >= 11 is 3.38. The molecule has 0 saturated heterocycles. The lowest BCUT2D eigenvalue weighted by Gasteiger charge is -2.35. The molecule has 0 aliphatic rings. The Bertz CT molecular complexity index is 563. The summed E-state index contributed by atoms with van der Waals surface area (Å²) in [6, 6.07) is 6.16. The number of amides is 1. The van der Waals surface area contributed by atoms with Crippen molar-refractivity contribution in [1.82, 2.24) is 4.90 Å². The van der Waals surface area contributed by atoms with Crippen molar-refractivity contribution in [2.45, 2.75) is 59.2 Å². The molecular weight excluding hydrogens is 374 g/mol. The fourth-order valence-electron chi connectivity index (χ4n) is 2.21. The number of halogens is 1. The van der Waals surface area contributed by atoms with E-state index in [4.69, 9.17) is 9.47 Å². The zero-order valence-electron chi connectivity index (χ0n) is 15.1. The molecule has 0 fully saturated rings. The SMILES string of the molecule is CCOC(=O)C(c1ccc(Br)cc1)N(C(=O)OC(C)(C)C)C(C)C. The van der Waals surface area contributed by atoms with E-state index in [9.17, 15) is 9.59 Å². The summed E-state index contributed by atoms with van der Waals surface area (Å²) in [6.07, 6.45) is -0.543. The molecule has 1 unspecified atom stereocenters. The Labute approximate surface area is 152 Å². The Hall–Kier alpha value is -1.56. The van der Waals surface area contributed by atoms with Crippen LogP contribution >= 0.6 is 15.9 Å². The Balaban J connectivity index is 3.28. The lowest BCUT2D eigenvalue weighted by atomic mass is 10.0. The number of nitrogens with zero attached hydrogens (tertiary/aromatic N) is 1. The molecular formula is C18H26BrNO4. The summed E-state index contributed by atoms with van der Waals surface area (Å²) in [4.78, 5) is 26.7. The second kappa shape index (κ2) is 8.51. The lowest BCUT2D eigenvalue weighted by Crippen LogP contribution is -2.46. The van der Waals surface area contributed by atoms with Gasteiger partial charge in [0.1, 0.15) is 5.60 Å². The highest BCUT2D eigenvalue weighted by Crippen LogP contribution is 2.28. The molecule has 0 aromatic heterocycles. The van der Waals surface area contributed by atoms with Gasteiger partial charge in [-0.15, -0.1) is 0 Å². The minimum Gasteiger partial charge on any atom is -0.464 e. The van der Waals surface area contributed by atoms with E-state index >= 15 is 0 Å². The third kappa shape index (κ3) is 5.82. The van der Waals surface area contributed by atoms with Crippen molar-refractivity contribution in [3.05, 3.63) is 34.3 Å².